The summed E-state index contributed by atoms with van der Waals surface area (Å²) in [5.41, 5.74) is 3.53. The molecule has 0 spiro atoms. The van der Waals surface area contributed by atoms with Gasteiger partial charge in [0.1, 0.15) is 5.75 Å². The third-order valence-corrected chi connectivity index (χ3v) is 6.78. The molecular formula is C26H29N3O2S. The van der Waals surface area contributed by atoms with Crippen LogP contribution in [0.2, 0.25) is 0 Å². The van der Waals surface area contributed by atoms with Gasteiger partial charge in [-0.05, 0) is 47.7 Å². The number of carbonyl (C=O) groups is 1. The summed E-state index contributed by atoms with van der Waals surface area (Å²) in [6.07, 6.45) is 5.61. The van der Waals surface area contributed by atoms with Gasteiger partial charge in [-0.25, -0.2) is 0 Å². The molecule has 1 aromatic heterocycles. The van der Waals surface area contributed by atoms with Crippen molar-refractivity contribution in [3.05, 3.63) is 95.8 Å². The number of aryl methyl sites for hydroxylation is 1. The van der Waals surface area contributed by atoms with Crippen LogP contribution in [0.4, 0.5) is 0 Å². The van der Waals surface area contributed by atoms with Crippen LogP contribution >= 0.6 is 11.8 Å². The molecule has 2 aromatic carbocycles. The Morgan fingerprint density at radius 3 is 2.66 bits per heavy atom. The van der Waals surface area contributed by atoms with Gasteiger partial charge in [0.2, 0.25) is 5.91 Å². The number of nitrogens with zero attached hydrogens (tertiary/aromatic N) is 2. The second-order valence-electron chi connectivity index (χ2n) is 7.99. The number of nitrogens with one attached hydrogen (secondary N) is 1. The maximum Gasteiger partial charge on any atom is 0.240 e. The number of pyridine rings is 1. The fraction of sp³-hybridized carbons (Fsp3) is 0.308. The van der Waals surface area contributed by atoms with E-state index in [0.29, 0.717) is 13.2 Å². The van der Waals surface area contributed by atoms with E-state index in [4.69, 9.17) is 4.74 Å². The number of likely N-dealkylation sites (N-methyl/N-ethyl adjacent to an activating group) is 1. The average molecular weight is 448 g/mol. The molecule has 1 aliphatic rings. The van der Waals surface area contributed by atoms with Crippen molar-refractivity contribution in [2.45, 2.75) is 30.8 Å². The fourth-order valence-electron chi connectivity index (χ4n) is 3.76. The van der Waals surface area contributed by atoms with E-state index in [-0.39, 0.29) is 17.3 Å². The van der Waals surface area contributed by atoms with Gasteiger partial charge in [0.15, 0.2) is 0 Å². The summed E-state index contributed by atoms with van der Waals surface area (Å²) in [6.45, 7) is 1.27. The van der Waals surface area contributed by atoms with Crippen molar-refractivity contribution in [1.29, 1.82) is 0 Å². The summed E-state index contributed by atoms with van der Waals surface area (Å²) in [5, 5.41) is 3.55. The molecule has 3 aromatic rings. The smallest absolute Gasteiger partial charge is 0.240 e. The van der Waals surface area contributed by atoms with Gasteiger partial charge >= 0.3 is 0 Å². The third-order valence-electron chi connectivity index (χ3n) is 5.51. The van der Waals surface area contributed by atoms with E-state index in [1.54, 1.807) is 22.9 Å². The quantitative estimate of drug-likeness (QED) is 0.491. The van der Waals surface area contributed by atoms with E-state index in [2.05, 4.69) is 34.6 Å². The largest absolute Gasteiger partial charge is 0.494 e. The lowest BCUT2D eigenvalue weighted by atomic mass is 10.1. The van der Waals surface area contributed by atoms with Crippen LogP contribution in [0.5, 0.6) is 5.75 Å². The number of aromatic nitrogens is 1. The molecule has 2 unspecified atom stereocenters. The van der Waals surface area contributed by atoms with E-state index in [0.717, 1.165) is 35.5 Å². The molecule has 32 heavy (non-hydrogen) atoms. The first kappa shape index (κ1) is 22.4. The Bertz CT molecular complexity index is 983. The van der Waals surface area contributed by atoms with Gasteiger partial charge in [-0.1, -0.05) is 48.5 Å². The highest BCUT2D eigenvalue weighted by Crippen LogP contribution is 2.32. The minimum atomic E-state index is -0.178. The Labute approximate surface area is 194 Å². The molecule has 2 atom stereocenters. The zero-order valence-electron chi connectivity index (χ0n) is 18.3. The monoisotopic (exact) mass is 447 g/mol. The first-order valence-corrected chi connectivity index (χ1v) is 12.0. The topological polar surface area (TPSA) is 54.5 Å². The Morgan fingerprint density at radius 2 is 1.91 bits per heavy atom. The molecule has 166 valence electrons. The SMILES string of the molecule is CN(Cc1ccc(OCCCc2ccccc2)cc1)C(=O)C1CSC(c2cccnc2)N1. The number of benzene rings is 2. The van der Waals surface area contributed by atoms with Crippen LogP contribution < -0.4 is 10.1 Å². The molecule has 1 N–H and O–H groups in total. The van der Waals surface area contributed by atoms with Crippen LogP contribution in [0.25, 0.3) is 0 Å². The Balaban J connectivity index is 1.21. The van der Waals surface area contributed by atoms with Gasteiger partial charge in [0, 0.05) is 31.7 Å². The lowest BCUT2D eigenvalue weighted by Crippen LogP contribution is -2.43. The van der Waals surface area contributed by atoms with Crippen molar-refractivity contribution in [2.24, 2.45) is 0 Å². The van der Waals surface area contributed by atoms with Crippen LogP contribution in [0.15, 0.2) is 79.1 Å². The summed E-state index contributed by atoms with van der Waals surface area (Å²) >= 11 is 1.75. The molecule has 0 saturated carbocycles. The minimum Gasteiger partial charge on any atom is -0.494 e. The fourth-order valence-corrected chi connectivity index (χ4v) is 4.97. The molecule has 5 nitrogen and oxygen atoms in total. The molecule has 1 fully saturated rings. The molecule has 4 rings (SSSR count). The number of amides is 1. The van der Waals surface area contributed by atoms with Crippen molar-refractivity contribution in [3.8, 4) is 5.75 Å². The van der Waals surface area contributed by atoms with Gasteiger partial charge in [-0.15, -0.1) is 11.8 Å². The highest BCUT2D eigenvalue weighted by molar-refractivity contribution is 7.99. The second kappa shape index (κ2) is 11.2. The number of carbonyl (C=O) groups excluding carboxylic acids is 1. The zero-order chi connectivity index (χ0) is 22.2. The van der Waals surface area contributed by atoms with Crippen molar-refractivity contribution in [1.82, 2.24) is 15.2 Å². The van der Waals surface area contributed by atoms with E-state index in [1.165, 1.54) is 5.56 Å². The predicted octanol–water partition coefficient (Wildman–Crippen LogP) is 4.46. The number of hydrogen-bond acceptors (Lipinski definition) is 5. The van der Waals surface area contributed by atoms with Crippen LogP contribution in [0.1, 0.15) is 28.5 Å². The van der Waals surface area contributed by atoms with Crippen molar-refractivity contribution >= 4 is 17.7 Å². The summed E-state index contributed by atoms with van der Waals surface area (Å²) in [4.78, 5) is 18.9. The summed E-state index contributed by atoms with van der Waals surface area (Å²) < 4.78 is 5.87. The van der Waals surface area contributed by atoms with E-state index < -0.39 is 0 Å². The molecule has 6 heteroatoms. The number of hydrogen-bond donors (Lipinski definition) is 1. The molecule has 0 aliphatic carbocycles. The molecule has 0 radical (unpaired) electrons. The standard InChI is InChI=1S/C26H29N3O2S/c1-29(26(30)24-19-32-25(28-24)22-10-5-15-27-17-22)18-21-11-13-23(14-12-21)31-16-6-9-20-7-3-2-4-8-20/h2-5,7-8,10-15,17,24-25,28H,6,9,16,18-19H2,1H3. The summed E-state index contributed by atoms with van der Waals surface area (Å²) in [5.74, 6) is 1.74. The van der Waals surface area contributed by atoms with E-state index in [1.807, 2.05) is 55.7 Å². The highest BCUT2D eigenvalue weighted by Gasteiger charge is 2.32. The lowest BCUT2D eigenvalue weighted by Gasteiger charge is -2.22. The number of rotatable bonds is 9. The normalized spacial score (nSPS) is 17.8. The molecule has 1 saturated heterocycles. The number of thioether (sulfide) groups is 1. The minimum absolute atomic E-state index is 0.115. The third kappa shape index (κ3) is 6.11. The van der Waals surface area contributed by atoms with Gasteiger partial charge in [-0.3, -0.25) is 15.1 Å². The van der Waals surface area contributed by atoms with Gasteiger partial charge < -0.3 is 9.64 Å². The number of ether oxygens (including phenoxy) is 1. The lowest BCUT2D eigenvalue weighted by molar-refractivity contribution is -0.132. The van der Waals surface area contributed by atoms with Gasteiger partial charge in [0.05, 0.1) is 18.0 Å². The first-order chi connectivity index (χ1) is 15.7. The maximum atomic E-state index is 12.9. The maximum absolute atomic E-state index is 12.9. The summed E-state index contributed by atoms with van der Waals surface area (Å²) in [6, 6.07) is 22.3. The molecule has 2 heterocycles. The van der Waals surface area contributed by atoms with Crippen LogP contribution in [-0.4, -0.2) is 41.2 Å². The molecular weight excluding hydrogens is 418 g/mol. The van der Waals surface area contributed by atoms with Crippen molar-refractivity contribution < 1.29 is 9.53 Å². The Kier molecular flexibility index (Phi) is 7.80. The molecule has 1 aliphatic heterocycles. The van der Waals surface area contributed by atoms with Crippen LogP contribution in [0, 0.1) is 0 Å². The second-order valence-corrected chi connectivity index (χ2v) is 9.13. The summed E-state index contributed by atoms with van der Waals surface area (Å²) in [7, 11) is 1.86. The van der Waals surface area contributed by atoms with Gasteiger partial charge in [0.25, 0.3) is 0 Å². The van der Waals surface area contributed by atoms with Crippen molar-refractivity contribution in [2.75, 3.05) is 19.4 Å². The van der Waals surface area contributed by atoms with E-state index in [9.17, 15) is 4.79 Å². The molecule has 1 amide bonds. The van der Waals surface area contributed by atoms with Crippen molar-refractivity contribution in [3.63, 3.8) is 0 Å². The van der Waals surface area contributed by atoms with Gasteiger partial charge in [-0.2, -0.15) is 0 Å². The highest BCUT2D eigenvalue weighted by atomic mass is 32.2. The predicted molar refractivity (Wildman–Crippen MR) is 130 cm³/mol. The zero-order valence-corrected chi connectivity index (χ0v) is 19.1. The average Bonchev–Trinajstić information content (AvgIpc) is 3.34. The van der Waals surface area contributed by atoms with E-state index >= 15 is 0 Å². The van der Waals surface area contributed by atoms with Crippen LogP contribution in [0.3, 0.4) is 0 Å². The van der Waals surface area contributed by atoms with Crippen LogP contribution in [-0.2, 0) is 17.8 Å². The molecule has 0 bridgehead atoms. The Morgan fingerprint density at radius 1 is 1.09 bits per heavy atom. The Hall–Kier alpha value is -2.83. The first-order valence-electron chi connectivity index (χ1n) is 11.0.